The summed E-state index contributed by atoms with van der Waals surface area (Å²) in [7, 11) is 0. The summed E-state index contributed by atoms with van der Waals surface area (Å²) < 4.78 is 5.03. The van der Waals surface area contributed by atoms with Crippen molar-refractivity contribution in [3.8, 4) is 0 Å². The smallest absolute Gasteiger partial charge is 0.290 e. The van der Waals surface area contributed by atoms with Crippen molar-refractivity contribution >= 4 is 11.8 Å². The van der Waals surface area contributed by atoms with Crippen LogP contribution in [0.1, 0.15) is 41.6 Å². The van der Waals surface area contributed by atoms with E-state index >= 15 is 0 Å². The largest absolute Gasteiger partial charge is 0.351 e. The van der Waals surface area contributed by atoms with Crippen molar-refractivity contribution < 1.29 is 14.1 Å². The molecule has 1 fully saturated rings. The minimum Gasteiger partial charge on any atom is -0.351 e. The third kappa shape index (κ3) is 4.47. The zero-order valence-corrected chi connectivity index (χ0v) is 14.4. The minimum atomic E-state index is -0.309. The first-order valence-electron chi connectivity index (χ1n) is 8.74. The van der Waals surface area contributed by atoms with Gasteiger partial charge >= 0.3 is 0 Å². The van der Waals surface area contributed by atoms with Crippen LogP contribution in [0.25, 0.3) is 0 Å². The lowest BCUT2D eigenvalue weighted by atomic mass is 10.1. The maximum absolute atomic E-state index is 12.2. The summed E-state index contributed by atoms with van der Waals surface area (Å²) in [4.78, 5) is 26.1. The van der Waals surface area contributed by atoms with Gasteiger partial charge in [-0.05, 0) is 24.8 Å². The molecule has 0 bridgehead atoms. The van der Waals surface area contributed by atoms with Crippen LogP contribution in [0.5, 0.6) is 0 Å². The Balaban J connectivity index is 1.46. The molecule has 0 spiro atoms. The van der Waals surface area contributed by atoms with Crippen LogP contribution in [0, 0.1) is 0 Å². The van der Waals surface area contributed by atoms with Gasteiger partial charge in [0.1, 0.15) is 0 Å². The number of rotatable bonds is 7. The summed E-state index contributed by atoms with van der Waals surface area (Å²) >= 11 is 0. The molecule has 0 aliphatic carbocycles. The molecular formula is C19H23N3O3. The highest BCUT2D eigenvalue weighted by Gasteiger charge is 2.31. The van der Waals surface area contributed by atoms with Crippen molar-refractivity contribution in [2.24, 2.45) is 0 Å². The third-order valence-corrected chi connectivity index (χ3v) is 4.43. The van der Waals surface area contributed by atoms with E-state index < -0.39 is 0 Å². The van der Waals surface area contributed by atoms with Gasteiger partial charge < -0.3 is 14.7 Å². The van der Waals surface area contributed by atoms with Gasteiger partial charge in [-0.15, -0.1) is 0 Å². The number of carbonyl (C=O) groups is 2. The molecule has 1 aliphatic rings. The van der Waals surface area contributed by atoms with Gasteiger partial charge in [0.15, 0.2) is 0 Å². The molecule has 2 amide bonds. The van der Waals surface area contributed by atoms with E-state index in [1.54, 1.807) is 6.07 Å². The van der Waals surface area contributed by atoms with Crippen LogP contribution >= 0.6 is 0 Å². The van der Waals surface area contributed by atoms with E-state index in [0.29, 0.717) is 25.9 Å². The molecule has 3 rings (SSSR count). The molecule has 1 aromatic heterocycles. The van der Waals surface area contributed by atoms with Crippen LogP contribution in [0.2, 0.25) is 0 Å². The fraction of sp³-hybridized carbons (Fsp3) is 0.421. The van der Waals surface area contributed by atoms with Gasteiger partial charge in [0.2, 0.25) is 11.7 Å². The van der Waals surface area contributed by atoms with Crippen LogP contribution in [0.3, 0.4) is 0 Å². The second-order valence-corrected chi connectivity index (χ2v) is 6.34. The number of hydrogen-bond acceptors (Lipinski definition) is 4. The van der Waals surface area contributed by atoms with E-state index in [9.17, 15) is 9.59 Å². The van der Waals surface area contributed by atoms with Crippen molar-refractivity contribution in [3.05, 3.63) is 53.4 Å². The maximum Gasteiger partial charge on any atom is 0.290 e. The highest BCUT2D eigenvalue weighted by molar-refractivity contribution is 5.92. The number of nitrogens with one attached hydrogen (secondary N) is 1. The monoisotopic (exact) mass is 341 g/mol. The highest BCUT2D eigenvalue weighted by Crippen LogP contribution is 2.14. The standard InChI is InChI=1S/C19H23N3O3/c1-2-15-11-17(25-21-15)19(24)20-16-12-18(23)22(13-16)10-6-9-14-7-4-3-5-8-14/h3-5,7-8,11,16H,2,6,9-10,12-13H2,1H3,(H,20,24)/t16-/m0/s1. The van der Waals surface area contributed by atoms with Crippen LogP contribution in [0.15, 0.2) is 40.9 Å². The molecule has 1 aliphatic heterocycles. The van der Waals surface area contributed by atoms with E-state index in [0.717, 1.165) is 18.5 Å². The summed E-state index contributed by atoms with van der Waals surface area (Å²) in [6.45, 7) is 3.21. The molecule has 132 valence electrons. The van der Waals surface area contributed by atoms with Gasteiger partial charge in [0, 0.05) is 25.6 Å². The van der Waals surface area contributed by atoms with Crippen molar-refractivity contribution in [1.29, 1.82) is 0 Å². The molecule has 6 heteroatoms. The summed E-state index contributed by atoms with van der Waals surface area (Å²) in [5, 5.41) is 6.68. The van der Waals surface area contributed by atoms with Crippen molar-refractivity contribution in [2.45, 2.75) is 38.6 Å². The van der Waals surface area contributed by atoms with Gasteiger partial charge in [-0.25, -0.2) is 0 Å². The summed E-state index contributed by atoms with van der Waals surface area (Å²) in [5.41, 5.74) is 2.02. The summed E-state index contributed by atoms with van der Waals surface area (Å²) in [5.74, 6) is -0.0202. The zero-order chi connectivity index (χ0) is 17.6. The fourth-order valence-electron chi connectivity index (χ4n) is 3.05. The molecular weight excluding hydrogens is 318 g/mol. The summed E-state index contributed by atoms with van der Waals surface area (Å²) in [6.07, 6.45) is 2.91. The molecule has 0 radical (unpaired) electrons. The fourth-order valence-corrected chi connectivity index (χ4v) is 3.05. The number of hydrogen-bond donors (Lipinski definition) is 1. The first kappa shape index (κ1) is 17.2. The number of benzene rings is 1. The first-order valence-corrected chi connectivity index (χ1v) is 8.74. The number of nitrogens with zero attached hydrogens (tertiary/aromatic N) is 2. The predicted octanol–water partition coefficient (Wildman–Crippen LogP) is 2.20. The Bertz CT molecular complexity index is 727. The highest BCUT2D eigenvalue weighted by atomic mass is 16.5. The second kappa shape index (κ2) is 7.96. The Morgan fingerprint density at radius 1 is 1.36 bits per heavy atom. The first-order chi connectivity index (χ1) is 12.2. The van der Waals surface area contributed by atoms with Gasteiger partial charge in [-0.3, -0.25) is 9.59 Å². The Hall–Kier alpha value is -2.63. The van der Waals surface area contributed by atoms with Crippen LogP contribution in [-0.4, -0.2) is 41.0 Å². The number of likely N-dealkylation sites (tertiary alicyclic amines) is 1. The average Bonchev–Trinajstić information content (AvgIpc) is 3.23. The van der Waals surface area contributed by atoms with E-state index in [1.165, 1.54) is 5.56 Å². The molecule has 1 saturated heterocycles. The van der Waals surface area contributed by atoms with Gasteiger partial charge in [-0.1, -0.05) is 42.4 Å². The lowest BCUT2D eigenvalue weighted by Gasteiger charge is -2.16. The summed E-state index contributed by atoms with van der Waals surface area (Å²) in [6, 6.07) is 11.7. The number of carbonyl (C=O) groups excluding carboxylic acids is 2. The second-order valence-electron chi connectivity index (χ2n) is 6.34. The number of amides is 2. The van der Waals surface area contributed by atoms with E-state index in [-0.39, 0.29) is 23.6 Å². The van der Waals surface area contributed by atoms with Crippen LogP contribution < -0.4 is 5.32 Å². The molecule has 25 heavy (non-hydrogen) atoms. The molecule has 6 nitrogen and oxygen atoms in total. The Kier molecular flexibility index (Phi) is 5.48. The lowest BCUT2D eigenvalue weighted by molar-refractivity contribution is -0.127. The number of aryl methyl sites for hydroxylation is 2. The van der Waals surface area contributed by atoms with E-state index in [2.05, 4.69) is 22.6 Å². The van der Waals surface area contributed by atoms with Crippen molar-refractivity contribution in [3.63, 3.8) is 0 Å². The average molecular weight is 341 g/mol. The van der Waals surface area contributed by atoms with Gasteiger partial charge in [-0.2, -0.15) is 0 Å². The normalized spacial score (nSPS) is 17.1. The molecule has 1 N–H and O–H groups in total. The third-order valence-electron chi connectivity index (χ3n) is 4.43. The maximum atomic E-state index is 12.2. The quantitative estimate of drug-likeness (QED) is 0.838. The SMILES string of the molecule is CCc1cc(C(=O)N[C@H]2CC(=O)N(CCCc3ccccc3)C2)on1. The van der Waals surface area contributed by atoms with Crippen LogP contribution in [0.4, 0.5) is 0 Å². The Morgan fingerprint density at radius 2 is 2.16 bits per heavy atom. The molecule has 1 aromatic carbocycles. The number of aromatic nitrogens is 1. The van der Waals surface area contributed by atoms with E-state index in [1.807, 2.05) is 30.0 Å². The predicted molar refractivity (Wildman–Crippen MR) is 93.1 cm³/mol. The molecule has 1 atom stereocenters. The van der Waals surface area contributed by atoms with Gasteiger partial charge in [0.25, 0.3) is 5.91 Å². The van der Waals surface area contributed by atoms with E-state index in [4.69, 9.17) is 4.52 Å². The van der Waals surface area contributed by atoms with Crippen LogP contribution in [-0.2, 0) is 17.6 Å². The Morgan fingerprint density at radius 3 is 2.88 bits per heavy atom. The molecule has 2 aromatic rings. The molecule has 0 unspecified atom stereocenters. The van der Waals surface area contributed by atoms with Crippen molar-refractivity contribution in [2.75, 3.05) is 13.1 Å². The minimum absolute atomic E-state index is 0.0881. The topological polar surface area (TPSA) is 75.4 Å². The van der Waals surface area contributed by atoms with Crippen molar-refractivity contribution in [1.82, 2.24) is 15.4 Å². The zero-order valence-electron chi connectivity index (χ0n) is 14.4. The van der Waals surface area contributed by atoms with Gasteiger partial charge in [0.05, 0.1) is 11.7 Å². The molecule has 2 heterocycles. The Labute approximate surface area is 147 Å². The lowest BCUT2D eigenvalue weighted by Crippen LogP contribution is -2.37. The molecule has 0 saturated carbocycles.